The van der Waals surface area contributed by atoms with Crippen LogP contribution in [0.5, 0.6) is 0 Å². The minimum absolute atomic E-state index is 0.0878. The van der Waals surface area contributed by atoms with Crippen molar-refractivity contribution < 1.29 is 4.79 Å². The third kappa shape index (κ3) is 3.26. The fraction of sp³-hybridized carbons (Fsp3) is 0.158. The molecule has 0 unspecified atom stereocenters. The van der Waals surface area contributed by atoms with E-state index in [4.69, 9.17) is 0 Å². The highest BCUT2D eigenvalue weighted by atomic mass is 16.2. The zero-order valence-electron chi connectivity index (χ0n) is 14.8. The minimum Gasteiger partial charge on any atom is -0.346 e. The van der Waals surface area contributed by atoms with E-state index in [-0.39, 0.29) is 11.5 Å². The molecule has 0 fully saturated rings. The van der Waals surface area contributed by atoms with Gasteiger partial charge in [-0.05, 0) is 29.8 Å². The average Bonchev–Trinajstić information content (AvgIpc) is 3.14. The van der Waals surface area contributed by atoms with Gasteiger partial charge in [0.05, 0.1) is 5.39 Å². The van der Waals surface area contributed by atoms with E-state index in [0.717, 1.165) is 28.1 Å². The maximum atomic E-state index is 12.0. The molecular weight excluding hydrogens is 328 g/mol. The first kappa shape index (κ1) is 17.2. The summed E-state index contributed by atoms with van der Waals surface area (Å²) in [5.74, 6) is 0.443. The van der Waals surface area contributed by atoms with E-state index in [2.05, 4.69) is 15.0 Å². The van der Waals surface area contributed by atoms with Gasteiger partial charge in [-0.15, -0.1) is 0 Å². The van der Waals surface area contributed by atoms with E-state index in [1.165, 1.54) is 11.2 Å². The lowest BCUT2D eigenvalue weighted by molar-refractivity contribution is -0.124. The second-order valence-electron chi connectivity index (χ2n) is 5.96. The number of H-pyrrole nitrogens is 1. The normalized spacial score (nSPS) is 11.2. The van der Waals surface area contributed by atoms with Gasteiger partial charge in [-0.1, -0.05) is 12.1 Å². The lowest BCUT2D eigenvalue weighted by Crippen LogP contribution is -2.22. The van der Waals surface area contributed by atoms with Gasteiger partial charge < -0.3 is 14.8 Å². The van der Waals surface area contributed by atoms with Crippen molar-refractivity contribution in [2.24, 2.45) is 0 Å². The average molecular weight is 346 g/mol. The molecule has 1 amide bonds. The van der Waals surface area contributed by atoms with Gasteiger partial charge >= 0.3 is 0 Å². The van der Waals surface area contributed by atoms with Crippen molar-refractivity contribution >= 4 is 34.5 Å². The van der Waals surface area contributed by atoms with Crippen LogP contribution in [0.2, 0.25) is 0 Å². The zero-order valence-corrected chi connectivity index (χ0v) is 14.8. The largest absolute Gasteiger partial charge is 0.346 e. The molecule has 0 spiro atoms. The second kappa shape index (κ2) is 7.07. The molecule has 0 bridgehead atoms. The van der Waals surface area contributed by atoms with Crippen LogP contribution in [-0.2, 0) is 4.79 Å². The van der Waals surface area contributed by atoms with Gasteiger partial charge in [-0.3, -0.25) is 4.79 Å². The quantitative estimate of drug-likeness (QED) is 0.579. The lowest BCUT2D eigenvalue weighted by Gasteiger charge is -2.19. The first-order valence-electron chi connectivity index (χ1n) is 7.96. The highest BCUT2D eigenvalue weighted by molar-refractivity contribution is 6.01. The second-order valence-corrected chi connectivity index (χ2v) is 5.96. The lowest BCUT2D eigenvalue weighted by atomic mass is 10.1. The summed E-state index contributed by atoms with van der Waals surface area (Å²) in [4.78, 5) is 27.0. The molecule has 3 rings (SSSR count). The van der Waals surface area contributed by atoms with Gasteiger partial charge in [-0.2, -0.15) is 5.26 Å². The molecule has 0 saturated carbocycles. The van der Waals surface area contributed by atoms with Crippen molar-refractivity contribution in [2.45, 2.75) is 0 Å². The molecule has 7 nitrogen and oxygen atoms in total. The van der Waals surface area contributed by atoms with Crippen molar-refractivity contribution in [2.75, 3.05) is 26.0 Å². The Balaban J connectivity index is 1.98. The standard InChI is InChI=1S/C19H18N6O/c1-24(2)19(26)14(11-20)9-13-5-4-6-15(10-13)25(3)18-16-7-8-21-17(16)22-12-23-18/h4-10,12H,1-3H3,(H,21,22,23). The number of nitriles is 1. The summed E-state index contributed by atoms with van der Waals surface area (Å²) in [5.41, 5.74) is 2.50. The summed E-state index contributed by atoms with van der Waals surface area (Å²) < 4.78 is 0. The number of carbonyl (C=O) groups is 1. The Morgan fingerprint density at radius 1 is 1.23 bits per heavy atom. The molecule has 0 aliphatic carbocycles. The number of nitrogens with zero attached hydrogens (tertiary/aromatic N) is 5. The van der Waals surface area contributed by atoms with Crippen LogP contribution in [0.15, 0.2) is 48.4 Å². The molecule has 0 atom stereocenters. The van der Waals surface area contributed by atoms with E-state index in [9.17, 15) is 10.1 Å². The van der Waals surface area contributed by atoms with E-state index in [1.54, 1.807) is 20.2 Å². The SMILES string of the molecule is CN(C)C(=O)C(C#N)=Cc1cccc(N(C)c2ncnc3[nH]ccc23)c1. The highest BCUT2D eigenvalue weighted by Gasteiger charge is 2.13. The summed E-state index contributed by atoms with van der Waals surface area (Å²) in [6.45, 7) is 0. The molecule has 7 heteroatoms. The molecule has 130 valence electrons. The molecule has 0 radical (unpaired) electrons. The summed E-state index contributed by atoms with van der Waals surface area (Å²) >= 11 is 0. The number of amides is 1. The van der Waals surface area contributed by atoms with E-state index in [1.807, 2.05) is 54.5 Å². The molecule has 2 heterocycles. The van der Waals surface area contributed by atoms with Crippen molar-refractivity contribution in [3.05, 3.63) is 54.0 Å². The summed E-state index contributed by atoms with van der Waals surface area (Å²) in [6, 6.07) is 11.5. The van der Waals surface area contributed by atoms with Crippen LogP contribution < -0.4 is 4.90 Å². The Bertz CT molecular complexity index is 1030. The fourth-order valence-electron chi connectivity index (χ4n) is 2.62. The summed E-state index contributed by atoms with van der Waals surface area (Å²) in [5, 5.41) is 10.2. The van der Waals surface area contributed by atoms with Crippen LogP contribution in [0.4, 0.5) is 11.5 Å². The predicted molar refractivity (Wildman–Crippen MR) is 101 cm³/mol. The van der Waals surface area contributed by atoms with Crippen LogP contribution in [0.25, 0.3) is 17.1 Å². The first-order valence-corrected chi connectivity index (χ1v) is 7.96. The van der Waals surface area contributed by atoms with Crippen molar-refractivity contribution in [1.29, 1.82) is 5.26 Å². The Kier molecular flexibility index (Phi) is 4.67. The molecule has 0 saturated heterocycles. The Hall–Kier alpha value is -3.66. The number of hydrogen-bond acceptors (Lipinski definition) is 5. The third-order valence-corrected chi connectivity index (χ3v) is 3.98. The van der Waals surface area contributed by atoms with Crippen LogP contribution in [-0.4, -0.2) is 46.9 Å². The number of benzene rings is 1. The number of aromatic amines is 1. The van der Waals surface area contributed by atoms with Crippen LogP contribution in [0, 0.1) is 11.3 Å². The predicted octanol–water partition coefficient (Wildman–Crippen LogP) is 2.72. The number of anilines is 2. The number of hydrogen-bond donors (Lipinski definition) is 1. The molecule has 2 aromatic heterocycles. The molecule has 1 aromatic carbocycles. The number of aromatic nitrogens is 3. The minimum atomic E-state index is -0.323. The fourth-order valence-corrected chi connectivity index (χ4v) is 2.62. The molecule has 0 aliphatic heterocycles. The van der Waals surface area contributed by atoms with Crippen LogP contribution >= 0.6 is 0 Å². The smallest absolute Gasteiger partial charge is 0.264 e. The van der Waals surface area contributed by atoms with Gasteiger partial charge in [0.25, 0.3) is 5.91 Å². The van der Waals surface area contributed by atoms with Crippen molar-refractivity contribution in [3.63, 3.8) is 0 Å². The van der Waals surface area contributed by atoms with Crippen LogP contribution in [0.3, 0.4) is 0 Å². The monoisotopic (exact) mass is 346 g/mol. The van der Waals surface area contributed by atoms with Gasteiger partial charge in [-0.25, -0.2) is 9.97 Å². The van der Waals surface area contributed by atoms with Crippen LogP contribution in [0.1, 0.15) is 5.56 Å². The maximum Gasteiger partial charge on any atom is 0.264 e. The van der Waals surface area contributed by atoms with Gasteiger partial charge in [0, 0.05) is 33.0 Å². The number of likely N-dealkylation sites (N-methyl/N-ethyl adjacent to an activating group) is 1. The number of carbonyl (C=O) groups excluding carboxylic acids is 1. The summed E-state index contributed by atoms with van der Waals surface area (Å²) in [7, 11) is 5.15. The van der Waals surface area contributed by atoms with Gasteiger partial charge in [0.2, 0.25) is 0 Å². The van der Waals surface area contributed by atoms with Crippen molar-refractivity contribution in [1.82, 2.24) is 19.9 Å². The van der Waals surface area contributed by atoms with Gasteiger partial charge in [0.1, 0.15) is 29.4 Å². The van der Waals surface area contributed by atoms with E-state index >= 15 is 0 Å². The van der Waals surface area contributed by atoms with Gasteiger partial charge in [0.15, 0.2) is 0 Å². The number of fused-ring (bicyclic) bond motifs is 1. The molecular formula is C19H18N6O. The highest BCUT2D eigenvalue weighted by Crippen LogP contribution is 2.28. The number of rotatable bonds is 4. The zero-order chi connectivity index (χ0) is 18.7. The Labute approximate surface area is 151 Å². The van der Waals surface area contributed by atoms with E-state index in [0.29, 0.717) is 0 Å². The topological polar surface area (TPSA) is 88.9 Å². The number of nitrogens with one attached hydrogen (secondary N) is 1. The third-order valence-electron chi connectivity index (χ3n) is 3.98. The molecule has 3 aromatic rings. The Morgan fingerprint density at radius 2 is 2.04 bits per heavy atom. The first-order chi connectivity index (χ1) is 12.5. The molecule has 0 aliphatic rings. The maximum absolute atomic E-state index is 12.0. The summed E-state index contributed by atoms with van der Waals surface area (Å²) in [6.07, 6.45) is 4.92. The molecule has 26 heavy (non-hydrogen) atoms. The Morgan fingerprint density at radius 3 is 2.77 bits per heavy atom. The van der Waals surface area contributed by atoms with Crippen molar-refractivity contribution in [3.8, 4) is 6.07 Å². The van der Waals surface area contributed by atoms with E-state index < -0.39 is 0 Å². The molecule has 1 N–H and O–H groups in total.